The van der Waals surface area contributed by atoms with Crippen molar-refractivity contribution in [1.82, 2.24) is 4.98 Å². The molecule has 1 N–H and O–H groups in total. The second-order valence-corrected chi connectivity index (χ2v) is 9.83. The number of hydrogen-bond donors (Lipinski definition) is 1. The molecule has 4 aromatic rings. The summed E-state index contributed by atoms with van der Waals surface area (Å²) in [5.74, 6) is -1.58. The number of carbonyl (C=O) groups excluding carboxylic acids is 3. The number of aliphatic hydroxyl groups excluding tert-OH is 1. The number of ketones is 2. The highest BCUT2D eigenvalue weighted by Crippen LogP contribution is 2.44. The first kappa shape index (κ1) is 25.1. The molecular formula is C30H24N2O5S. The first-order valence-corrected chi connectivity index (χ1v) is 12.8. The Labute approximate surface area is 223 Å². The normalized spacial score (nSPS) is 16.6. The zero-order chi connectivity index (χ0) is 26.8. The number of rotatable bonds is 7. The van der Waals surface area contributed by atoms with Crippen LogP contribution in [0.15, 0.2) is 90.5 Å². The van der Waals surface area contributed by atoms with Gasteiger partial charge in [-0.05, 0) is 30.2 Å². The van der Waals surface area contributed by atoms with Crippen LogP contribution in [0.4, 0.5) is 5.13 Å². The van der Waals surface area contributed by atoms with E-state index in [1.54, 1.807) is 61.5 Å². The van der Waals surface area contributed by atoms with E-state index >= 15 is 0 Å². The van der Waals surface area contributed by atoms with Gasteiger partial charge in [0.2, 0.25) is 0 Å². The number of aromatic nitrogens is 1. The smallest absolute Gasteiger partial charge is 0.301 e. The molecule has 38 heavy (non-hydrogen) atoms. The minimum atomic E-state index is -0.971. The third kappa shape index (κ3) is 4.73. The number of thiazole rings is 1. The number of aliphatic hydroxyl groups is 1. The van der Waals surface area contributed by atoms with Gasteiger partial charge in [0.25, 0.3) is 5.78 Å². The topological polar surface area (TPSA) is 96.8 Å². The number of Topliss-reactive ketones (excluding diaryl/α,β-unsaturated/α-hetero) is 2. The van der Waals surface area contributed by atoms with Crippen LogP contribution in [0.3, 0.4) is 0 Å². The summed E-state index contributed by atoms with van der Waals surface area (Å²) in [4.78, 5) is 45.0. The van der Waals surface area contributed by atoms with Crippen LogP contribution >= 0.6 is 11.3 Å². The number of benzene rings is 3. The molecule has 1 aromatic heterocycles. The van der Waals surface area contributed by atoms with E-state index in [-0.39, 0.29) is 22.2 Å². The standard InChI is InChI=1S/C30H24N2O5S/c1-18-28(19(2)33)38-30(31-18)32-25(24(27(35)29(32)36)26(34)21-12-7-4-8-13-21)22-14-9-15-23(16-22)37-17-20-10-5-3-6-11-20/h3-16,25,34H,17H2,1-2H3/b26-24+. The van der Waals surface area contributed by atoms with Crippen molar-refractivity contribution in [2.75, 3.05) is 4.90 Å². The Kier molecular flexibility index (Phi) is 6.89. The van der Waals surface area contributed by atoms with Gasteiger partial charge in [0.05, 0.1) is 22.2 Å². The highest BCUT2D eigenvalue weighted by Gasteiger charge is 2.48. The largest absolute Gasteiger partial charge is 0.507 e. The van der Waals surface area contributed by atoms with Gasteiger partial charge in [-0.1, -0.05) is 84.1 Å². The van der Waals surface area contributed by atoms with Gasteiger partial charge >= 0.3 is 5.91 Å². The molecule has 5 rings (SSSR count). The molecule has 1 amide bonds. The van der Waals surface area contributed by atoms with Crippen molar-refractivity contribution < 1.29 is 24.2 Å². The Bertz CT molecular complexity index is 1560. The number of hydrogen-bond acceptors (Lipinski definition) is 7. The maximum Gasteiger partial charge on any atom is 0.301 e. The van der Waals surface area contributed by atoms with Crippen LogP contribution in [0.25, 0.3) is 5.76 Å². The van der Waals surface area contributed by atoms with E-state index in [2.05, 4.69) is 4.98 Å². The van der Waals surface area contributed by atoms with E-state index in [0.717, 1.165) is 16.9 Å². The Hall–Kier alpha value is -4.56. The van der Waals surface area contributed by atoms with Gasteiger partial charge in [-0.2, -0.15) is 0 Å². The number of carbonyl (C=O) groups is 3. The number of amides is 1. The van der Waals surface area contributed by atoms with Crippen molar-refractivity contribution >= 4 is 39.7 Å². The summed E-state index contributed by atoms with van der Waals surface area (Å²) >= 11 is 1.05. The van der Waals surface area contributed by atoms with Crippen molar-refractivity contribution in [3.05, 3.63) is 118 Å². The third-order valence-electron chi connectivity index (χ3n) is 6.22. The lowest BCUT2D eigenvalue weighted by atomic mass is 9.95. The molecule has 1 aliphatic heterocycles. The van der Waals surface area contributed by atoms with Crippen molar-refractivity contribution in [1.29, 1.82) is 0 Å². The molecular weight excluding hydrogens is 500 g/mol. The Morgan fingerprint density at radius 3 is 2.34 bits per heavy atom. The summed E-state index contributed by atoms with van der Waals surface area (Å²) in [7, 11) is 0. The second-order valence-electron chi connectivity index (χ2n) is 8.85. The molecule has 1 fully saturated rings. The predicted molar refractivity (Wildman–Crippen MR) is 145 cm³/mol. The van der Waals surface area contributed by atoms with E-state index in [4.69, 9.17) is 4.74 Å². The average Bonchev–Trinajstić information content (AvgIpc) is 3.45. The first-order chi connectivity index (χ1) is 18.3. The Balaban J connectivity index is 1.62. The number of nitrogens with zero attached hydrogens (tertiary/aromatic N) is 2. The third-order valence-corrected chi connectivity index (χ3v) is 7.48. The van der Waals surface area contributed by atoms with Gasteiger partial charge in [0, 0.05) is 12.5 Å². The van der Waals surface area contributed by atoms with Crippen molar-refractivity contribution in [3.63, 3.8) is 0 Å². The van der Waals surface area contributed by atoms with Crippen molar-refractivity contribution in [2.45, 2.75) is 26.5 Å². The minimum absolute atomic E-state index is 0.0568. The van der Waals surface area contributed by atoms with Crippen LogP contribution < -0.4 is 9.64 Å². The molecule has 0 spiro atoms. The molecule has 7 nitrogen and oxygen atoms in total. The van der Waals surface area contributed by atoms with E-state index in [1.165, 1.54) is 11.8 Å². The van der Waals surface area contributed by atoms with Crippen LogP contribution in [-0.4, -0.2) is 27.6 Å². The van der Waals surface area contributed by atoms with E-state index in [0.29, 0.717) is 34.1 Å². The molecule has 0 saturated carbocycles. The fourth-order valence-electron chi connectivity index (χ4n) is 4.42. The predicted octanol–water partition coefficient (Wildman–Crippen LogP) is 5.86. The molecule has 1 atom stereocenters. The molecule has 8 heteroatoms. The lowest BCUT2D eigenvalue weighted by molar-refractivity contribution is -0.132. The molecule has 0 radical (unpaired) electrons. The zero-order valence-electron chi connectivity index (χ0n) is 20.8. The Morgan fingerprint density at radius 2 is 1.68 bits per heavy atom. The van der Waals surface area contributed by atoms with E-state index < -0.39 is 17.7 Å². The lowest BCUT2D eigenvalue weighted by Gasteiger charge is -2.23. The molecule has 1 unspecified atom stereocenters. The fraction of sp³-hybridized carbons (Fsp3) is 0.133. The van der Waals surface area contributed by atoms with Crippen LogP contribution in [0.1, 0.15) is 45.0 Å². The minimum Gasteiger partial charge on any atom is -0.507 e. The highest BCUT2D eigenvalue weighted by atomic mass is 32.1. The number of aryl methyl sites for hydroxylation is 1. The van der Waals surface area contributed by atoms with Crippen LogP contribution in [0.5, 0.6) is 5.75 Å². The van der Waals surface area contributed by atoms with E-state index in [9.17, 15) is 19.5 Å². The molecule has 3 aromatic carbocycles. The average molecular weight is 525 g/mol. The summed E-state index contributed by atoms with van der Waals surface area (Å²) in [6, 6.07) is 24.4. The quantitative estimate of drug-likeness (QED) is 0.141. The number of anilines is 1. The molecule has 1 aliphatic rings. The van der Waals surface area contributed by atoms with Crippen molar-refractivity contribution in [3.8, 4) is 5.75 Å². The van der Waals surface area contributed by atoms with Gasteiger partial charge in [-0.15, -0.1) is 0 Å². The zero-order valence-corrected chi connectivity index (χ0v) is 21.6. The molecule has 190 valence electrons. The van der Waals surface area contributed by atoms with E-state index in [1.807, 2.05) is 30.3 Å². The Morgan fingerprint density at radius 1 is 1.00 bits per heavy atom. The molecule has 0 bridgehead atoms. The second kappa shape index (κ2) is 10.4. The molecule has 0 aliphatic carbocycles. The summed E-state index contributed by atoms with van der Waals surface area (Å²) in [6.45, 7) is 3.45. The van der Waals surface area contributed by atoms with Gasteiger partial charge in [-0.3, -0.25) is 19.3 Å². The van der Waals surface area contributed by atoms with Crippen LogP contribution in [0, 0.1) is 6.92 Å². The lowest BCUT2D eigenvalue weighted by Crippen LogP contribution is -2.29. The maximum absolute atomic E-state index is 13.4. The molecule has 1 saturated heterocycles. The summed E-state index contributed by atoms with van der Waals surface area (Å²) in [5.41, 5.74) is 2.37. The number of ether oxygens (including phenoxy) is 1. The SMILES string of the molecule is CC(=O)c1sc(N2C(=O)C(=O)/C(=C(/O)c3ccccc3)C2c2cccc(OCc3ccccc3)c2)nc1C. The monoisotopic (exact) mass is 524 g/mol. The molecule has 2 heterocycles. The van der Waals surface area contributed by atoms with Gasteiger partial charge in [-0.25, -0.2) is 4.98 Å². The van der Waals surface area contributed by atoms with Gasteiger partial charge in [0.15, 0.2) is 10.9 Å². The first-order valence-electron chi connectivity index (χ1n) is 12.0. The summed E-state index contributed by atoms with van der Waals surface area (Å²) in [6.07, 6.45) is 0. The van der Waals surface area contributed by atoms with Crippen molar-refractivity contribution in [2.24, 2.45) is 0 Å². The summed E-state index contributed by atoms with van der Waals surface area (Å²) in [5, 5.41) is 11.5. The summed E-state index contributed by atoms with van der Waals surface area (Å²) < 4.78 is 6.00. The maximum atomic E-state index is 13.4. The fourth-order valence-corrected chi connectivity index (χ4v) is 5.41. The highest BCUT2D eigenvalue weighted by molar-refractivity contribution is 7.18. The van der Waals surface area contributed by atoms with Gasteiger partial charge < -0.3 is 9.84 Å². The van der Waals surface area contributed by atoms with Crippen LogP contribution in [-0.2, 0) is 16.2 Å². The van der Waals surface area contributed by atoms with Crippen LogP contribution in [0.2, 0.25) is 0 Å². The van der Waals surface area contributed by atoms with Gasteiger partial charge in [0.1, 0.15) is 18.1 Å².